The van der Waals surface area contributed by atoms with Crippen LogP contribution in [0.15, 0.2) is 180 Å². The van der Waals surface area contributed by atoms with Crippen LogP contribution in [0, 0.1) is 12.3 Å². The summed E-state index contributed by atoms with van der Waals surface area (Å²) in [6.07, 6.45) is 7.14. The summed E-state index contributed by atoms with van der Waals surface area (Å²) in [7, 11) is 0. The molecule has 0 spiro atoms. The Labute approximate surface area is 323 Å². The molecule has 9 rings (SSSR count). The van der Waals surface area contributed by atoms with Gasteiger partial charge < -0.3 is 14.0 Å². The molecule has 0 N–H and O–H groups in total. The van der Waals surface area contributed by atoms with Crippen molar-refractivity contribution < 1.29 is 24.5 Å². The van der Waals surface area contributed by atoms with E-state index in [9.17, 15) is 0 Å². The molecule has 0 aliphatic rings. The van der Waals surface area contributed by atoms with E-state index < -0.39 is 0 Å². The summed E-state index contributed by atoms with van der Waals surface area (Å²) in [5.41, 5.74) is 13.6. The molecule has 0 saturated carbocycles. The maximum atomic E-state index is 5.99. The Hall–Kier alpha value is -6.13. The molecule has 0 aliphatic heterocycles. The van der Waals surface area contributed by atoms with Gasteiger partial charge in [0.2, 0.25) is 0 Å². The van der Waals surface area contributed by atoms with Gasteiger partial charge in [0.15, 0.2) is 0 Å². The van der Waals surface area contributed by atoms with Gasteiger partial charge in [-0.25, -0.2) is 0 Å². The number of hydrogen-bond donors (Lipinski definition) is 0. The summed E-state index contributed by atoms with van der Waals surface area (Å²) in [5.74, 6) is 0.802. The first-order valence-electron chi connectivity index (χ1n) is 17.4. The average Bonchev–Trinajstić information content (AvgIpc) is 3.83. The van der Waals surface area contributed by atoms with Gasteiger partial charge in [-0.15, -0.1) is 35.9 Å². The van der Waals surface area contributed by atoms with E-state index >= 15 is 0 Å². The van der Waals surface area contributed by atoms with Gasteiger partial charge in [-0.05, 0) is 60.0 Å². The predicted molar refractivity (Wildman–Crippen MR) is 214 cm³/mol. The Balaban J connectivity index is 0.000000284. The van der Waals surface area contributed by atoms with Crippen LogP contribution in [0.4, 0.5) is 0 Å². The number of imidazole rings is 1. The van der Waals surface area contributed by atoms with Gasteiger partial charge in [-0.3, -0.25) is 4.98 Å². The summed E-state index contributed by atoms with van der Waals surface area (Å²) in [5, 5.41) is 0.994. The summed E-state index contributed by atoms with van der Waals surface area (Å²) in [6, 6.07) is 59.1. The van der Waals surface area contributed by atoms with Crippen LogP contribution >= 0.6 is 0 Å². The van der Waals surface area contributed by atoms with Gasteiger partial charge in [0.25, 0.3) is 0 Å². The average molecular weight is 862 g/mol. The van der Waals surface area contributed by atoms with Gasteiger partial charge in [0, 0.05) is 49.3 Å². The van der Waals surface area contributed by atoms with E-state index in [1.165, 1.54) is 5.57 Å². The van der Waals surface area contributed by atoms with Gasteiger partial charge in [-0.2, -0.15) is 0 Å². The van der Waals surface area contributed by atoms with Crippen LogP contribution in [-0.4, -0.2) is 14.5 Å². The van der Waals surface area contributed by atoms with Crippen molar-refractivity contribution in [3.05, 3.63) is 194 Å². The SMILES string of the molecule is C/C=C(/C)c1ccc2o[c-]c(-c3nc4ccccc4n3-c3c(-c4ccccc4)cccc3-c3ccccc3)c2c1.[Ir].[c-]1ccccc1-c1ccccn1. The van der Waals surface area contributed by atoms with Crippen molar-refractivity contribution in [3.63, 3.8) is 0 Å². The fourth-order valence-corrected chi connectivity index (χ4v) is 6.53. The van der Waals surface area contributed by atoms with Gasteiger partial charge >= 0.3 is 0 Å². The third-order valence-corrected chi connectivity index (χ3v) is 9.26. The van der Waals surface area contributed by atoms with Crippen LogP contribution in [0.5, 0.6) is 0 Å². The zero-order valence-corrected chi connectivity index (χ0v) is 31.7. The Kier molecular flexibility index (Phi) is 10.7. The fraction of sp³-hybridized carbons (Fsp3) is 0.0417. The molecule has 0 saturated heterocycles. The number of furan rings is 1. The van der Waals surface area contributed by atoms with Gasteiger partial charge in [-0.1, -0.05) is 138 Å². The number of rotatable bonds is 6. The first-order chi connectivity index (χ1) is 25.7. The smallest absolute Gasteiger partial charge is 0.0774 e. The molecular formula is C48H35IrN3O-2. The van der Waals surface area contributed by atoms with E-state index in [1.807, 2.05) is 54.6 Å². The zero-order chi connectivity index (χ0) is 35.3. The van der Waals surface area contributed by atoms with Crippen molar-refractivity contribution in [2.45, 2.75) is 13.8 Å². The van der Waals surface area contributed by atoms with Crippen LogP contribution in [0.2, 0.25) is 0 Å². The summed E-state index contributed by atoms with van der Waals surface area (Å²) < 4.78 is 8.28. The topological polar surface area (TPSA) is 43.9 Å². The molecule has 0 fully saturated rings. The quantitative estimate of drug-likeness (QED) is 0.156. The van der Waals surface area contributed by atoms with Crippen LogP contribution in [-0.2, 0) is 20.1 Å². The summed E-state index contributed by atoms with van der Waals surface area (Å²) >= 11 is 0. The first-order valence-corrected chi connectivity index (χ1v) is 17.4. The molecule has 0 amide bonds. The number of nitrogens with zero attached hydrogens (tertiary/aromatic N) is 3. The van der Waals surface area contributed by atoms with Crippen molar-refractivity contribution >= 4 is 27.6 Å². The van der Waals surface area contributed by atoms with E-state index in [-0.39, 0.29) is 20.1 Å². The van der Waals surface area contributed by atoms with E-state index in [0.29, 0.717) is 0 Å². The molecule has 4 nitrogen and oxygen atoms in total. The van der Waals surface area contributed by atoms with Crippen LogP contribution in [0.1, 0.15) is 19.4 Å². The maximum absolute atomic E-state index is 5.99. The normalized spacial score (nSPS) is 11.2. The van der Waals surface area contributed by atoms with Crippen molar-refractivity contribution in [2.75, 3.05) is 0 Å². The molecule has 259 valence electrons. The third-order valence-electron chi connectivity index (χ3n) is 9.26. The van der Waals surface area contributed by atoms with Gasteiger partial charge in [0.1, 0.15) is 0 Å². The molecule has 0 unspecified atom stereocenters. The molecule has 3 aromatic heterocycles. The fourth-order valence-electron chi connectivity index (χ4n) is 6.53. The van der Waals surface area contributed by atoms with Crippen molar-refractivity contribution in [1.29, 1.82) is 0 Å². The second kappa shape index (κ2) is 16.0. The van der Waals surface area contributed by atoms with E-state index in [0.717, 1.165) is 78.2 Å². The summed E-state index contributed by atoms with van der Waals surface area (Å²) in [6.45, 7) is 4.19. The van der Waals surface area contributed by atoms with E-state index in [4.69, 9.17) is 9.40 Å². The Morgan fingerprint density at radius 3 is 2.04 bits per heavy atom. The molecule has 0 aliphatic carbocycles. The first kappa shape index (κ1) is 35.3. The number of pyridine rings is 1. The van der Waals surface area contributed by atoms with Crippen molar-refractivity contribution in [1.82, 2.24) is 14.5 Å². The monoisotopic (exact) mass is 862 g/mol. The Bertz CT molecular complexity index is 2530. The standard InChI is InChI=1S/C37H27N2O.C11H8N.Ir/c1-3-25(2)28-21-22-35-31(23-28)32(24-40-35)37-38-33-19-10-11-20-34(33)39(37)36-29(26-13-6-4-7-14-26)17-12-18-30(36)27-15-8-5-9-16-27;1-2-6-10(7-3-1)11-8-4-5-9-12-11;/h3-23H,1-2H3;1-6,8-9H;/q2*-1;/b25-3-;;. The molecule has 0 bridgehead atoms. The maximum Gasteiger partial charge on any atom is 0.0774 e. The molecular weight excluding hydrogens is 827 g/mol. The molecule has 6 aromatic carbocycles. The molecule has 5 heteroatoms. The van der Waals surface area contributed by atoms with Crippen LogP contribution < -0.4 is 0 Å². The van der Waals surface area contributed by atoms with Gasteiger partial charge in [0.05, 0.1) is 22.5 Å². The number of fused-ring (bicyclic) bond motifs is 2. The Morgan fingerprint density at radius 2 is 1.38 bits per heavy atom. The predicted octanol–water partition coefficient (Wildman–Crippen LogP) is 12.5. The van der Waals surface area contributed by atoms with E-state index in [1.54, 1.807) is 6.20 Å². The minimum Gasteiger partial charge on any atom is -0.557 e. The molecule has 0 atom stereocenters. The zero-order valence-electron chi connectivity index (χ0n) is 29.3. The number of benzene rings is 6. The van der Waals surface area contributed by atoms with Crippen molar-refractivity contribution in [2.24, 2.45) is 0 Å². The van der Waals surface area contributed by atoms with Crippen LogP contribution in [0.3, 0.4) is 0 Å². The van der Waals surface area contributed by atoms with E-state index in [2.05, 4.69) is 151 Å². The number of allylic oxidation sites excluding steroid dienone is 2. The molecule has 53 heavy (non-hydrogen) atoms. The molecule has 3 heterocycles. The minimum atomic E-state index is 0. The largest absolute Gasteiger partial charge is 0.557 e. The second-order valence-corrected chi connectivity index (χ2v) is 12.4. The molecule has 1 radical (unpaired) electrons. The third kappa shape index (κ3) is 7.18. The second-order valence-electron chi connectivity index (χ2n) is 12.4. The summed E-state index contributed by atoms with van der Waals surface area (Å²) in [4.78, 5) is 9.42. The minimum absolute atomic E-state index is 0. The Morgan fingerprint density at radius 1 is 0.698 bits per heavy atom. The van der Waals surface area contributed by atoms with Crippen LogP contribution in [0.25, 0.3) is 78.2 Å². The molecule has 9 aromatic rings. The number of para-hydroxylation sites is 3. The number of aromatic nitrogens is 3. The van der Waals surface area contributed by atoms with Crippen molar-refractivity contribution in [3.8, 4) is 50.6 Å². The number of hydrogen-bond acceptors (Lipinski definition) is 3.